The summed E-state index contributed by atoms with van der Waals surface area (Å²) in [6.07, 6.45) is 5.27. The highest BCUT2D eigenvalue weighted by Gasteiger charge is 2.30. The molecule has 9 heteroatoms. The topological polar surface area (TPSA) is 70.5 Å². The third kappa shape index (κ3) is 4.71. The van der Waals surface area contributed by atoms with E-state index in [2.05, 4.69) is 31.8 Å². The molecular formula is C22H32FN7O. The maximum absolute atomic E-state index is 15.2. The second kappa shape index (κ2) is 8.90. The molecule has 2 aliphatic rings. The molecule has 0 aliphatic carbocycles. The van der Waals surface area contributed by atoms with Crippen molar-refractivity contribution in [2.45, 2.75) is 45.1 Å². The number of aromatic nitrogens is 4. The molecule has 4 rings (SSSR count). The van der Waals surface area contributed by atoms with Gasteiger partial charge < -0.3 is 19.4 Å². The van der Waals surface area contributed by atoms with E-state index >= 15 is 4.39 Å². The number of halogens is 1. The summed E-state index contributed by atoms with van der Waals surface area (Å²) < 4.78 is 20.7. The maximum Gasteiger partial charge on any atom is 0.227 e. The average Bonchev–Trinajstić information content (AvgIpc) is 2.79. The molecule has 4 heterocycles. The zero-order valence-electron chi connectivity index (χ0n) is 18.9. The molecule has 31 heavy (non-hydrogen) atoms. The third-order valence-electron chi connectivity index (χ3n) is 6.01. The van der Waals surface area contributed by atoms with E-state index in [9.17, 15) is 0 Å². The number of anilines is 3. The monoisotopic (exact) mass is 429 g/mol. The van der Waals surface area contributed by atoms with E-state index in [1.807, 2.05) is 37.9 Å². The fourth-order valence-corrected chi connectivity index (χ4v) is 4.21. The molecule has 8 nitrogen and oxygen atoms in total. The molecule has 2 aromatic heterocycles. The van der Waals surface area contributed by atoms with Crippen LogP contribution in [0.4, 0.5) is 22.0 Å². The van der Waals surface area contributed by atoms with Crippen LogP contribution in [0.1, 0.15) is 39.3 Å². The van der Waals surface area contributed by atoms with E-state index in [0.29, 0.717) is 31.3 Å². The van der Waals surface area contributed by atoms with Crippen LogP contribution in [0.25, 0.3) is 0 Å². The summed E-state index contributed by atoms with van der Waals surface area (Å²) in [4.78, 5) is 24.1. The van der Waals surface area contributed by atoms with Gasteiger partial charge in [-0.1, -0.05) is 20.8 Å². The Balaban J connectivity index is 1.52. The van der Waals surface area contributed by atoms with Gasteiger partial charge in [0.25, 0.3) is 0 Å². The Morgan fingerprint density at radius 3 is 2.61 bits per heavy atom. The lowest BCUT2D eigenvalue weighted by atomic mass is 9.91. The van der Waals surface area contributed by atoms with E-state index in [1.54, 1.807) is 0 Å². The zero-order valence-corrected chi connectivity index (χ0v) is 18.9. The zero-order chi connectivity index (χ0) is 22.0. The first-order valence-electron chi connectivity index (χ1n) is 11.0. The van der Waals surface area contributed by atoms with Gasteiger partial charge in [0, 0.05) is 50.9 Å². The molecular weight excluding hydrogens is 397 g/mol. The van der Waals surface area contributed by atoms with Gasteiger partial charge in [0.05, 0.1) is 18.9 Å². The van der Waals surface area contributed by atoms with Crippen molar-refractivity contribution in [1.82, 2.24) is 19.9 Å². The molecule has 0 radical (unpaired) electrons. The molecule has 2 saturated heterocycles. The standard InChI is InChI=1S/C22H32FN7O/c1-22(2,3)19-18(23)20(26-15-25-19)30-9-5-6-16(14-30)28(4)17-7-8-24-21(27-17)29-10-12-31-13-11-29/h7-8,15-16H,5-6,9-14H2,1-4H3. The molecule has 1 atom stereocenters. The van der Waals surface area contributed by atoms with Gasteiger partial charge >= 0.3 is 0 Å². The molecule has 2 fully saturated rings. The SMILES string of the molecule is CN(c1ccnc(N2CCOCC2)n1)C1CCCN(c2ncnc(C(C)(C)C)c2F)C1. The Bertz CT molecular complexity index is 898. The predicted octanol–water partition coefficient (Wildman–Crippen LogP) is 2.65. The first-order chi connectivity index (χ1) is 14.8. The Morgan fingerprint density at radius 2 is 1.87 bits per heavy atom. The van der Waals surface area contributed by atoms with Crippen molar-refractivity contribution in [2.75, 3.05) is 61.1 Å². The Kier molecular flexibility index (Phi) is 6.22. The lowest BCUT2D eigenvalue weighted by Gasteiger charge is -2.39. The third-order valence-corrected chi connectivity index (χ3v) is 6.01. The van der Waals surface area contributed by atoms with Crippen LogP contribution in [0.15, 0.2) is 18.6 Å². The van der Waals surface area contributed by atoms with Crippen LogP contribution in [0, 0.1) is 5.82 Å². The second-order valence-corrected chi connectivity index (χ2v) is 9.28. The van der Waals surface area contributed by atoms with E-state index in [1.165, 1.54) is 6.33 Å². The lowest BCUT2D eigenvalue weighted by molar-refractivity contribution is 0.122. The maximum atomic E-state index is 15.2. The molecule has 0 aromatic carbocycles. The number of rotatable bonds is 4. The van der Waals surface area contributed by atoms with E-state index < -0.39 is 0 Å². The molecule has 0 bridgehead atoms. The normalized spacial score (nSPS) is 20.1. The Morgan fingerprint density at radius 1 is 1.10 bits per heavy atom. The van der Waals surface area contributed by atoms with Crippen molar-refractivity contribution in [2.24, 2.45) is 0 Å². The van der Waals surface area contributed by atoms with Crippen LogP contribution < -0.4 is 14.7 Å². The van der Waals surface area contributed by atoms with Crippen LogP contribution in [0.3, 0.4) is 0 Å². The highest BCUT2D eigenvalue weighted by atomic mass is 19.1. The Labute approximate surface area is 183 Å². The van der Waals surface area contributed by atoms with Gasteiger partial charge in [-0.25, -0.2) is 19.3 Å². The minimum atomic E-state index is -0.370. The first kappa shape index (κ1) is 21.7. The first-order valence-corrected chi connectivity index (χ1v) is 11.0. The molecule has 0 amide bonds. The molecule has 168 valence electrons. The highest BCUT2D eigenvalue weighted by molar-refractivity contribution is 5.47. The summed E-state index contributed by atoms with van der Waals surface area (Å²) in [7, 11) is 2.05. The van der Waals surface area contributed by atoms with E-state index in [-0.39, 0.29) is 17.3 Å². The average molecular weight is 430 g/mol. The molecule has 2 aromatic rings. The van der Waals surface area contributed by atoms with Crippen molar-refractivity contribution in [3.05, 3.63) is 30.1 Å². The quantitative estimate of drug-likeness (QED) is 0.735. The van der Waals surface area contributed by atoms with E-state index in [0.717, 1.165) is 44.2 Å². The van der Waals surface area contributed by atoms with Crippen LogP contribution in [-0.2, 0) is 10.2 Å². The van der Waals surface area contributed by atoms with Crippen LogP contribution in [0.5, 0.6) is 0 Å². The Hall–Kier alpha value is -2.55. The van der Waals surface area contributed by atoms with Gasteiger partial charge in [0.2, 0.25) is 5.95 Å². The van der Waals surface area contributed by atoms with Gasteiger partial charge in [-0.2, -0.15) is 4.98 Å². The van der Waals surface area contributed by atoms with E-state index in [4.69, 9.17) is 9.72 Å². The van der Waals surface area contributed by atoms with Crippen molar-refractivity contribution in [1.29, 1.82) is 0 Å². The number of morpholine rings is 1. The van der Waals surface area contributed by atoms with Gasteiger partial charge in [-0.05, 0) is 18.9 Å². The highest BCUT2D eigenvalue weighted by Crippen LogP contribution is 2.30. The molecule has 0 spiro atoms. The number of piperidine rings is 1. The minimum absolute atomic E-state index is 0.202. The van der Waals surface area contributed by atoms with Crippen molar-refractivity contribution < 1.29 is 9.13 Å². The number of hydrogen-bond acceptors (Lipinski definition) is 8. The lowest BCUT2D eigenvalue weighted by Crippen LogP contribution is -2.48. The summed E-state index contributed by atoms with van der Waals surface area (Å²) in [5.74, 6) is 1.70. The van der Waals surface area contributed by atoms with Gasteiger partial charge in [-0.15, -0.1) is 0 Å². The summed E-state index contributed by atoms with van der Waals surface area (Å²) in [5, 5.41) is 0. The number of likely N-dealkylation sites (N-methyl/N-ethyl adjacent to an activating group) is 1. The van der Waals surface area contributed by atoms with Crippen LogP contribution in [-0.4, -0.2) is 72.4 Å². The van der Waals surface area contributed by atoms with Gasteiger partial charge in [-0.3, -0.25) is 0 Å². The molecule has 0 saturated carbocycles. The van der Waals surface area contributed by atoms with Crippen molar-refractivity contribution >= 4 is 17.6 Å². The van der Waals surface area contributed by atoms with Gasteiger partial charge in [0.15, 0.2) is 11.6 Å². The van der Waals surface area contributed by atoms with Crippen molar-refractivity contribution in [3.8, 4) is 0 Å². The minimum Gasteiger partial charge on any atom is -0.378 e. The number of nitrogens with zero attached hydrogens (tertiary/aromatic N) is 7. The van der Waals surface area contributed by atoms with Crippen molar-refractivity contribution in [3.63, 3.8) is 0 Å². The summed E-state index contributed by atoms with van der Waals surface area (Å²) >= 11 is 0. The predicted molar refractivity (Wildman–Crippen MR) is 119 cm³/mol. The molecule has 2 aliphatic heterocycles. The fraction of sp³-hybridized carbons (Fsp3) is 0.636. The molecule has 0 N–H and O–H groups in total. The second-order valence-electron chi connectivity index (χ2n) is 9.28. The summed E-state index contributed by atoms with van der Waals surface area (Å²) in [5.41, 5.74) is 0.0869. The number of hydrogen-bond donors (Lipinski definition) is 0. The van der Waals surface area contributed by atoms with Gasteiger partial charge in [0.1, 0.15) is 12.1 Å². The summed E-state index contributed by atoms with van der Waals surface area (Å²) in [6, 6.07) is 2.14. The largest absolute Gasteiger partial charge is 0.378 e. The number of ether oxygens (including phenoxy) is 1. The van der Waals surface area contributed by atoms with Crippen LogP contribution in [0.2, 0.25) is 0 Å². The molecule has 1 unspecified atom stereocenters. The summed E-state index contributed by atoms with van der Waals surface area (Å²) in [6.45, 7) is 10.4. The fourth-order valence-electron chi connectivity index (χ4n) is 4.21. The smallest absolute Gasteiger partial charge is 0.227 e. The van der Waals surface area contributed by atoms with Crippen LogP contribution >= 0.6 is 0 Å².